The molecule has 1 atom stereocenters. The highest BCUT2D eigenvalue weighted by Crippen LogP contribution is 2.23. The Hall–Kier alpha value is -1.06. The van der Waals surface area contributed by atoms with Crippen molar-refractivity contribution in [2.45, 2.75) is 38.3 Å². The zero-order chi connectivity index (χ0) is 12.9. The Morgan fingerprint density at radius 1 is 1.29 bits per heavy atom. The molecule has 0 fully saturated rings. The number of nitrogens with two attached hydrogens (primary N) is 1. The van der Waals surface area contributed by atoms with E-state index in [0.29, 0.717) is 6.04 Å². The van der Waals surface area contributed by atoms with Gasteiger partial charge in [-0.05, 0) is 51.4 Å². The number of hydrogen-bond donors (Lipinski definition) is 2. The maximum atomic E-state index is 6.01. The number of ether oxygens (including phenoxy) is 1. The second kappa shape index (κ2) is 6.03. The van der Waals surface area contributed by atoms with Crippen LogP contribution < -0.4 is 15.8 Å². The van der Waals surface area contributed by atoms with Gasteiger partial charge in [-0.1, -0.05) is 12.1 Å². The van der Waals surface area contributed by atoms with E-state index in [4.69, 9.17) is 10.5 Å². The van der Waals surface area contributed by atoms with E-state index in [0.717, 1.165) is 18.6 Å². The Kier molecular flexibility index (Phi) is 4.97. The first-order chi connectivity index (χ1) is 7.96. The SMILES string of the molecule is CNC(CCC(C)(C)N)c1ccc(OC)cc1. The van der Waals surface area contributed by atoms with Gasteiger partial charge >= 0.3 is 0 Å². The van der Waals surface area contributed by atoms with E-state index < -0.39 is 0 Å². The molecule has 3 nitrogen and oxygen atoms in total. The van der Waals surface area contributed by atoms with Crippen LogP contribution in [0.4, 0.5) is 0 Å². The molecule has 1 aromatic rings. The van der Waals surface area contributed by atoms with E-state index in [1.165, 1.54) is 5.56 Å². The Balaban J connectivity index is 2.66. The lowest BCUT2D eigenvalue weighted by Crippen LogP contribution is -2.33. The van der Waals surface area contributed by atoms with Crippen molar-refractivity contribution in [1.29, 1.82) is 0 Å². The average molecular weight is 236 g/mol. The predicted octanol–water partition coefficient (Wildman–Crippen LogP) is 2.47. The van der Waals surface area contributed by atoms with Crippen LogP contribution in [0, 0.1) is 0 Å². The van der Waals surface area contributed by atoms with Gasteiger partial charge in [-0.3, -0.25) is 0 Å². The highest BCUT2D eigenvalue weighted by Gasteiger charge is 2.15. The highest BCUT2D eigenvalue weighted by molar-refractivity contribution is 5.29. The van der Waals surface area contributed by atoms with Crippen LogP contribution in [-0.2, 0) is 0 Å². The molecule has 0 aromatic heterocycles. The highest BCUT2D eigenvalue weighted by atomic mass is 16.5. The summed E-state index contributed by atoms with van der Waals surface area (Å²) in [6, 6.07) is 8.54. The molecule has 96 valence electrons. The van der Waals surface area contributed by atoms with Gasteiger partial charge in [-0.2, -0.15) is 0 Å². The minimum Gasteiger partial charge on any atom is -0.497 e. The van der Waals surface area contributed by atoms with Crippen LogP contribution in [0.5, 0.6) is 5.75 Å². The molecule has 0 amide bonds. The van der Waals surface area contributed by atoms with Gasteiger partial charge in [0.2, 0.25) is 0 Å². The van der Waals surface area contributed by atoms with Crippen molar-refractivity contribution in [2.24, 2.45) is 5.73 Å². The van der Waals surface area contributed by atoms with Gasteiger partial charge in [0.1, 0.15) is 5.75 Å². The first-order valence-electron chi connectivity index (χ1n) is 6.06. The monoisotopic (exact) mass is 236 g/mol. The zero-order valence-corrected chi connectivity index (χ0v) is 11.3. The van der Waals surface area contributed by atoms with E-state index in [2.05, 4.69) is 31.3 Å². The van der Waals surface area contributed by atoms with E-state index in [1.54, 1.807) is 7.11 Å². The summed E-state index contributed by atoms with van der Waals surface area (Å²) in [5.74, 6) is 0.891. The molecule has 3 N–H and O–H groups in total. The fourth-order valence-electron chi connectivity index (χ4n) is 1.83. The second-order valence-corrected chi connectivity index (χ2v) is 5.14. The first kappa shape index (κ1) is 14.0. The number of benzene rings is 1. The van der Waals surface area contributed by atoms with Crippen LogP contribution in [0.1, 0.15) is 38.3 Å². The average Bonchev–Trinajstić information content (AvgIpc) is 2.29. The number of methoxy groups -OCH3 is 1. The van der Waals surface area contributed by atoms with Gasteiger partial charge in [-0.15, -0.1) is 0 Å². The summed E-state index contributed by atoms with van der Waals surface area (Å²) in [6.45, 7) is 4.13. The molecule has 0 bridgehead atoms. The lowest BCUT2D eigenvalue weighted by atomic mass is 9.93. The molecule has 17 heavy (non-hydrogen) atoms. The van der Waals surface area contributed by atoms with Crippen LogP contribution in [0.15, 0.2) is 24.3 Å². The van der Waals surface area contributed by atoms with Crippen molar-refractivity contribution < 1.29 is 4.74 Å². The summed E-state index contributed by atoms with van der Waals surface area (Å²) in [6.07, 6.45) is 2.02. The van der Waals surface area contributed by atoms with E-state index in [-0.39, 0.29) is 5.54 Å². The molecular formula is C14H24N2O. The quantitative estimate of drug-likeness (QED) is 0.797. The van der Waals surface area contributed by atoms with Crippen LogP contribution in [0.25, 0.3) is 0 Å². The smallest absolute Gasteiger partial charge is 0.118 e. The van der Waals surface area contributed by atoms with Gasteiger partial charge in [0, 0.05) is 11.6 Å². The maximum absolute atomic E-state index is 6.01. The van der Waals surface area contributed by atoms with Crippen molar-refractivity contribution in [3.63, 3.8) is 0 Å². The normalized spacial score (nSPS) is 13.5. The summed E-state index contributed by atoms with van der Waals surface area (Å²) in [4.78, 5) is 0. The molecule has 0 aliphatic rings. The molecule has 0 radical (unpaired) electrons. The standard InChI is InChI=1S/C14H24N2O/c1-14(2,15)10-9-13(16-3)11-5-7-12(17-4)8-6-11/h5-8,13,16H,9-10,15H2,1-4H3. The van der Waals surface area contributed by atoms with Gasteiger partial charge < -0.3 is 15.8 Å². The van der Waals surface area contributed by atoms with Crippen molar-refractivity contribution in [1.82, 2.24) is 5.32 Å². The predicted molar refractivity (Wildman–Crippen MR) is 72.3 cm³/mol. The lowest BCUT2D eigenvalue weighted by molar-refractivity contribution is 0.407. The summed E-state index contributed by atoms with van der Waals surface area (Å²) in [5, 5.41) is 3.33. The summed E-state index contributed by atoms with van der Waals surface area (Å²) in [5.41, 5.74) is 7.18. The number of nitrogens with one attached hydrogen (secondary N) is 1. The minimum absolute atomic E-state index is 0.110. The van der Waals surface area contributed by atoms with E-state index >= 15 is 0 Å². The van der Waals surface area contributed by atoms with E-state index in [9.17, 15) is 0 Å². The van der Waals surface area contributed by atoms with Crippen LogP contribution in [0.3, 0.4) is 0 Å². The number of rotatable bonds is 6. The summed E-state index contributed by atoms with van der Waals surface area (Å²) >= 11 is 0. The Bertz CT molecular complexity index is 327. The van der Waals surface area contributed by atoms with Crippen LogP contribution in [-0.4, -0.2) is 19.7 Å². The maximum Gasteiger partial charge on any atom is 0.118 e. The van der Waals surface area contributed by atoms with Crippen LogP contribution >= 0.6 is 0 Å². The minimum atomic E-state index is -0.110. The first-order valence-corrected chi connectivity index (χ1v) is 6.06. The third kappa shape index (κ3) is 4.75. The topological polar surface area (TPSA) is 47.3 Å². The third-order valence-electron chi connectivity index (χ3n) is 2.94. The summed E-state index contributed by atoms with van der Waals surface area (Å²) in [7, 11) is 3.67. The Morgan fingerprint density at radius 3 is 2.29 bits per heavy atom. The van der Waals surface area contributed by atoms with Gasteiger partial charge in [0.25, 0.3) is 0 Å². The second-order valence-electron chi connectivity index (χ2n) is 5.14. The molecule has 1 rings (SSSR count). The lowest BCUT2D eigenvalue weighted by Gasteiger charge is -2.23. The zero-order valence-electron chi connectivity index (χ0n) is 11.3. The molecule has 0 spiro atoms. The molecule has 3 heteroatoms. The van der Waals surface area contributed by atoms with Crippen molar-refractivity contribution in [3.05, 3.63) is 29.8 Å². The molecule has 1 aromatic carbocycles. The number of hydrogen-bond acceptors (Lipinski definition) is 3. The third-order valence-corrected chi connectivity index (χ3v) is 2.94. The molecule has 0 saturated carbocycles. The molecule has 0 aliphatic heterocycles. The van der Waals surface area contributed by atoms with Gasteiger partial charge in [0.05, 0.1) is 7.11 Å². The fraction of sp³-hybridized carbons (Fsp3) is 0.571. The van der Waals surface area contributed by atoms with Gasteiger partial charge in [-0.25, -0.2) is 0 Å². The summed E-state index contributed by atoms with van der Waals surface area (Å²) < 4.78 is 5.16. The van der Waals surface area contributed by atoms with Crippen molar-refractivity contribution in [2.75, 3.05) is 14.2 Å². The van der Waals surface area contributed by atoms with Crippen molar-refractivity contribution in [3.8, 4) is 5.75 Å². The van der Waals surface area contributed by atoms with Gasteiger partial charge in [0.15, 0.2) is 0 Å². The molecule has 0 saturated heterocycles. The fourth-order valence-corrected chi connectivity index (χ4v) is 1.83. The van der Waals surface area contributed by atoms with E-state index in [1.807, 2.05) is 19.2 Å². The van der Waals surface area contributed by atoms with Crippen molar-refractivity contribution >= 4 is 0 Å². The molecule has 0 aliphatic carbocycles. The molecule has 1 unspecified atom stereocenters. The Labute approximate surface area is 104 Å². The molecule has 0 heterocycles. The largest absolute Gasteiger partial charge is 0.497 e. The molecular weight excluding hydrogens is 212 g/mol. The van der Waals surface area contributed by atoms with Crippen LogP contribution in [0.2, 0.25) is 0 Å². The Morgan fingerprint density at radius 2 is 1.88 bits per heavy atom.